The second-order valence-corrected chi connectivity index (χ2v) is 6.88. The Balaban J connectivity index is 1.64. The molecule has 0 N–H and O–H groups in total. The number of hydrogen-bond acceptors (Lipinski definition) is 5. The first-order valence-electron chi connectivity index (χ1n) is 9.08. The molecule has 0 spiro atoms. The lowest BCUT2D eigenvalue weighted by atomic mass is 9.83. The number of likely N-dealkylation sites (tertiary alicyclic amines) is 2. The topological polar surface area (TPSA) is 86.5 Å². The zero-order chi connectivity index (χ0) is 18.5. The summed E-state index contributed by atoms with van der Waals surface area (Å²) < 4.78 is 5.10. The monoisotopic (exact) mass is 356 g/mol. The summed E-state index contributed by atoms with van der Waals surface area (Å²) >= 11 is 0. The number of piperidine rings is 2. The van der Waals surface area contributed by atoms with Gasteiger partial charge in [0, 0.05) is 52.0 Å². The van der Waals surface area contributed by atoms with Gasteiger partial charge in [0.05, 0.1) is 5.56 Å². The Morgan fingerprint density at radius 3 is 2.96 bits per heavy atom. The summed E-state index contributed by atoms with van der Waals surface area (Å²) in [7, 11) is 1.67. The van der Waals surface area contributed by atoms with Crippen molar-refractivity contribution in [3.05, 3.63) is 29.6 Å². The minimum atomic E-state index is -0.0525. The lowest BCUT2D eigenvalue weighted by Crippen LogP contribution is -2.57. The average Bonchev–Trinajstić information content (AvgIpc) is 2.69. The van der Waals surface area contributed by atoms with Gasteiger partial charge in [0.25, 0.3) is 5.91 Å². The maximum atomic E-state index is 12.7. The third-order valence-corrected chi connectivity index (χ3v) is 5.30. The first-order chi connectivity index (χ1) is 12.6. The van der Waals surface area contributed by atoms with Gasteiger partial charge in [-0.3, -0.25) is 9.59 Å². The van der Waals surface area contributed by atoms with E-state index in [-0.39, 0.29) is 17.9 Å². The molecular weight excluding hydrogens is 332 g/mol. The summed E-state index contributed by atoms with van der Waals surface area (Å²) in [5.41, 5.74) is 0.809. The lowest BCUT2D eigenvalue weighted by Gasteiger charge is -2.47. The van der Waals surface area contributed by atoms with Crippen LogP contribution in [0.4, 0.5) is 0 Å². The first-order valence-corrected chi connectivity index (χ1v) is 9.08. The van der Waals surface area contributed by atoms with Crippen molar-refractivity contribution in [3.8, 4) is 6.07 Å². The van der Waals surface area contributed by atoms with Crippen molar-refractivity contribution in [2.45, 2.75) is 31.7 Å². The van der Waals surface area contributed by atoms with Crippen LogP contribution < -0.4 is 0 Å². The van der Waals surface area contributed by atoms with E-state index in [9.17, 15) is 9.59 Å². The molecule has 2 amide bonds. The number of fused-ring (bicyclic) bond motifs is 1. The summed E-state index contributed by atoms with van der Waals surface area (Å²) in [6.45, 7) is 2.67. The van der Waals surface area contributed by atoms with Crippen molar-refractivity contribution in [2.24, 2.45) is 5.92 Å². The molecule has 3 heterocycles. The lowest BCUT2D eigenvalue weighted by molar-refractivity contribution is -0.140. The van der Waals surface area contributed by atoms with Crippen LogP contribution in [0.5, 0.6) is 0 Å². The van der Waals surface area contributed by atoms with E-state index < -0.39 is 0 Å². The standard InChI is InChI=1S/C19H24N4O3/c1-26-10-2-8-23-17-7-9-22(13-15(17)4-6-18(23)24)19(25)14-3-5-16(11-20)21-12-14/h3,5,12,15,17H,2,4,6-10,13H2,1H3/t15-,17+/m0/s1. The van der Waals surface area contributed by atoms with Crippen LogP contribution in [0.1, 0.15) is 41.7 Å². The fraction of sp³-hybridized carbons (Fsp3) is 0.579. The van der Waals surface area contributed by atoms with Crippen molar-refractivity contribution in [1.29, 1.82) is 5.26 Å². The van der Waals surface area contributed by atoms with Crippen LogP contribution in [-0.2, 0) is 9.53 Å². The molecule has 2 aliphatic rings. The van der Waals surface area contributed by atoms with Crippen LogP contribution in [-0.4, -0.2) is 66.0 Å². The van der Waals surface area contributed by atoms with Crippen molar-refractivity contribution in [3.63, 3.8) is 0 Å². The largest absolute Gasteiger partial charge is 0.385 e. The molecule has 0 bridgehead atoms. The smallest absolute Gasteiger partial charge is 0.255 e. The van der Waals surface area contributed by atoms with Crippen LogP contribution in [0.15, 0.2) is 18.3 Å². The van der Waals surface area contributed by atoms with Gasteiger partial charge in [-0.25, -0.2) is 4.98 Å². The van der Waals surface area contributed by atoms with Crippen molar-refractivity contribution in [1.82, 2.24) is 14.8 Å². The van der Waals surface area contributed by atoms with E-state index in [2.05, 4.69) is 4.98 Å². The minimum absolute atomic E-state index is 0.0525. The number of pyridine rings is 1. The molecule has 2 saturated heterocycles. The maximum absolute atomic E-state index is 12.7. The molecule has 7 nitrogen and oxygen atoms in total. The first kappa shape index (κ1) is 18.3. The third kappa shape index (κ3) is 3.86. The number of rotatable bonds is 5. The summed E-state index contributed by atoms with van der Waals surface area (Å²) in [6, 6.07) is 5.40. The van der Waals surface area contributed by atoms with E-state index in [1.54, 1.807) is 19.2 Å². The molecule has 1 aromatic rings. The Morgan fingerprint density at radius 2 is 2.27 bits per heavy atom. The van der Waals surface area contributed by atoms with Crippen LogP contribution >= 0.6 is 0 Å². The molecule has 3 rings (SSSR count). The predicted molar refractivity (Wildman–Crippen MR) is 94.2 cm³/mol. The Bertz CT molecular complexity index is 698. The van der Waals surface area contributed by atoms with E-state index in [1.165, 1.54) is 6.20 Å². The number of amides is 2. The number of carbonyl (C=O) groups excluding carboxylic acids is 2. The van der Waals surface area contributed by atoms with Gasteiger partial charge in [0.15, 0.2) is 0 Å². The SMILES string of the molecule is COCCCN1C(=O)CC[C@H]2CN(C(=O)c3ccc(C#N)nc3)CC[C@H]21. The van der Waals surface area contributed by atoms with Crippen molar-refractivity contribution >= 4 is 11.8 Å². The van der Waals surface area contributed by atoms with Crippen LogP contribution in [0.3, 0.4) is 0 Å². The van der Waals surface area contributed by atoms with Crippen LogP contribution in [0, 0.1) is 17.2 Å². The molecule has 0 aromatic carbocycles. The fourth-order valence-corrected chi connectivity index (χ4v) is 3.97. The number of hydrogen-bond donors (Lipinski definition) is 0. The predicted octanol–water partition coefficient (Wildman–Crippen LogP) is 1.44. The number of nitriles is 1. The highest BCUT2D eigenvalue weighted by atomic mass is 16.5. The van der Waals surface area contributed by atoms with E-state index in [0.29, 0.717) is 43.3 Å². The zero-order valence-electron chi connectivity index (χ0n) is 15.1. The quantitative estimate of drug-likeness (QED) is 0.745. The van der Waals surface area contributed by atoms with Crippen molar-refractivity contribution in [2.75, 3.05) is 33.4 Å². The molecule has 0 unspecified atom stereocenters. The van der Waals surface area contributed by atoms with E-state index in [4.69, 9.17) is 10.00 Å². The molecule has 0 aliphatic carbocycles. The van der Waals surface area contributed by atoms with E-state index >= 15 is 0 Å². The van der Waals surface area contributed by atoms with Gasteiger partial charge in [-0.15, -0.1) is 0 Å². The number of ether oxygens (including phenoxy) is 1. The second-order valence-electron chi connectivity index (χ2n) is 6.88. The molecule has 26 heavy (non-hydrogen) atoms. The molecule has 7 heteroatoms. The molecule has 0 radical (unpaired) electrons. The van der Waals surface area contributed by atoms with Gasteiger partial charge < -0.3 is 14.5 Å². The van der Waals surface area contributed by atoms with Gasteiger partial charge >= 0.3 is 0 Å². The number of nitrogens with zero attached hydrogens (tertiary/aromatic N) is 4. The van der Waals surface area contributed by atoms with E-state index in [1.807, 2.05) is 15.9 Å². The normalized spacial score (nSPS) is 22.7. The second kappa shape index (κ2) is 8.28. The third-order valence-electron chi connectivity index (χ3n) is 5.30. The summed E-state index contributed by atoms with van der Waals surface area (Å²) in [6.07, 6.45) is 4.49. The summed E-state index contributed by atoms with van der Waals surface area (Å²) in [5.74, 6) is 0.487. The Hall–Kier alpha value is -2.46. The Labute approximate surface area is 153 Å². The summed E-state index contributed by atoms with van der Waals surface area (Å²) in [5, 5.41) is 8.82. The van der Waals surface area contributed by atoms with Crippen LogP contribution in [0.25, 0.3) is 0 Å². The zero-order valence-corrected chi connectivity index (χ0v) is 15.1. The van der Waals surface area contributed by atoms with Gasteiger partial charge in [-0.2, -0.15) is 5.26 Å². The molecular formula is C19H24N4O3. The van der Waals surface area contributed by atoms with Crippen molar-refractivity contribution < 1.29 is 14.3 Å². The Kier molecular flexibility index (Phi) is 5.84. The molecule has 138 valence electrons. The van der Waals surface area contributed by atoms with Crippen LogP contribution in [0.2, 0.25) is 0 Å². The maximum Gasteiger partial charge on any atom is 0.255 e. The molecule has 1 aromatic heterocycles. The van der Waals surface area contributed by atoms with Gasteiger partial charge in [0.2, 0.25) is 5.91 Å². The van der Waals surface area contributed by atoms with E-state index in [0.717, 1.165) is 25.8 Å². The molecule has 2 fully saturated rings. The summed E-state index contributed by atoms with van der Waals surface area (Å²) in [4.78, 5) is 32.9. The number of methoxy groups -OCH3 is 1. The average molecular weight is 356 g/mol. The molecule has 2 atom stereocenters. The molecule has 0 saturated carbocycles. The number of carbonyl (C=O) groups is 2. The highest BCUT2D eigenvalue weighted by molar-refractivity contribution is 5.94. The fourth-order valence-electron chi connectivity index (χ4n) is 3.97. The van der Waals surface area contributed by atoms with Gasteiger partial charge in [0.1, 0.15) is 11.8 Å². The van der Waals surface area contributed by atoms with Gasteiger partial charge in [-0.05, 0) is 37.3 Å². The highest BCUT2D eigenvalue weighted by Crippen LogP contribution is 2.32. The highest BCUT2D eigenvalue weighted by Gasteiger charge is 2.40. The minimum Gasteiger partial charge on any atom is -0.385 e. The number of aromatic nitrogens is 1. The Morgan fingerprint density at radius 1 is 1.42 bits per heavy atom. The molecule has 2 aliphatic heterocycles. The van der Waals surface area contributed by atoms with Gasteiger partial charge in [-0.1, -0.05) is 0 Å².